The van der Waals surface area contributed by atoms with E-state index in [0.29, 0.717) is 6.54 Å². The van der Waals surface area contributed by atoms with Crippen molar-refractivity contribution in [3.8, 4) is 16.9 Å². The summed E-state index contributed by atoms with van der Waals surface area (Å²) < 4.78 is 5.50. The molecule has 0 atom stereocenters. The fourth-order valence-corrected chi connectivity index (χ4v) is 2.55. The van der Waals surface area contributed by atoms with Crippen molar-refractivity contribution >= 4 is 10.9 Å². The number of hydrogen-bond donors (Lipinski definition) is 1. The lowest BCUT2D eigenvalue weighted by Crippen LogP contribution is -2.03. The molecule has 2 N–H and O–H groups in total. The summed E-state index contributed by atoms with van der Waals surface area (Å²) in [5.41, 5.74) is 10.1. The van der Waals surface area contributed by atoms with Crippen molar-refractivity contribution in [2.24, 2.45) is 5.73 Å². The first-order valence-corrected chi connectivity index (χ1v) is 7.04. The first-order chi connectivity index (χ1) is 10.3. The van der Waals surface area contributed by atoms with Crippen molar-refractivity contribution in [3.63, 3.8) is 0 Å². The summed E-state index contributed by atoms with van der Waals surface area (Å²) >= 11 is 0. The molecular weight excluding hydrogens is 260 g/mol. The van der Waals surface area contributed by atoms with Crippen LogP contribution in [-0.2, 0) is 6.42 Å². The molecule has 3 nitrogen and oxygen atoms in total. The lowest BCUT2D eigenvalue weighted by Gasteiger charge is -2.11. The van der Waals surface area contributed by atoms with Gasteiger partial charge in [-0.25, -0.2) is 0 Å². The van der Waals surface area contributed by atoms with Gasteiger partial charge < -0.3 is 10.5 Å². The predicted molar refractivity (Wildman–Crippen MR) is 86.5 cm³/mol. The zero-order chi connectivity index (χ0) is 14.7. The molecule has 0 aliphatic carbocycles. The highest BCUT2D eigenvalue weighted by Gasteiger charge is 2.08. The fraction of sp³-hybridized carbons (Fsp3) is 0.167. The minimum absolute atomic E-state index is 0.646. The standard InChI is InChI=1S/C18H18N2O/c1-21-18-7-4-13(8-9-19)11-16(18)14-5-6-17-15(12-14)3-2-10-20-17/h2-7,10-12H,8-9,19H2,1H3. The molecular formula is C18H18N2O. The summed E-state index contributed by atoms with van der Waals surface area (Å²) in [7, 11) is 1.70. The Hall–Kier alpha value is -2.39. The van der Waals surface area contributed by atoms with Gasteiger partial charge in [-0.05, 0) is 54.4 Å². The van der Waals surface area contributed by atoms with Crippen LogP contribution in [0.25, 0.3) is 22.0 Å². The van der Waals surface area contributed by atoms with E-state index in [4.69, 9.17) is 10.5 Å². The highest BCUT2D eigenvalue weighted by molar-refractivity contribution is 5.85. The van der Waals surface area contributed by atoms with E-state index in [-0.39, 0.29) is 0 Å². The van der Waals surface area contributed by atoms with E-state index in [1.54, 1.807) is 7.11 Å². The number of pyridine rings is 1. The van der Waals surface area contributed by atoms with Crippen LogP contribution in [0.15, 0.2) is 54.7 Å². The molecule has 3 rings (SSSR count). The number of hydrogen-bond acceptors (Lipinski definition) is 3. The maximum atomic E-state index is 5.65. The van der Waals surface area contributed by atoms with Gasteiger partial charge in [-0.3, -0.25) is 4.98 Å². The van der Waals surface area contributed by atoms with Crippen LogP contribution in [-0.4, -0.2) is 18.6 Å². The van der Waals surface area contributed by atoms with Gasteiger partial charge in [0.2, 0.25) is 0 Å². The molecule has 0 bridgehead atoms. The van der Waals surface area contributed by atoms with E-state index in [9.17, 15) is 0 Å². The Bertz CT molecular complexity index is 768. The number of nitrogens with two attached hydrogens (primary N) is 1. The van der Waals surface area contributed by atoms with E-state index >= 15 is 0 Å². The number of nitrogens with zero attached hydrogens (tertiary/aromatic N) is 1. The smallest absolute Gasteiger partial charge is 0.126 e. The lowest BCUT2D eigenvalue weighted by atomic mass is 9.99. The average Bonchev–Trinajstić information content (AvgIpc) is 2.54. The molecule has 0 amide bonds. The monoisotopic (exact) mass is 278 g/mol. The molecule has 0 aliphatic rings. The summed E-state index contributed by atoms with van der Waals surface area (Å²) in [5, 5.41) is 1.13. The van der Waals surface area contributed by atoms with Gasteiger partial charge in [0.05, 0.1) is 12.6 Å². The van der Waals surface area contributed by atoms with Crippen molar-refractivity contribution < 1.29 is 4.74 Å². The van der Waals surface area contributed by atoms with Crippen molar-refractivity contribution in [2.75, 3.05) is 13.7 Å². The highest BCUT2D eigenvalue weighted by atomic mass is 16.5. The molecule has 0 unspecified atom stereocenters. The van der Waals surface area contributed by atoms with E-state index in [1.807, 2.05) is 24.4 Å². The summed E-state index contributed by atoms with van der Waals surface area (Å²) in [5.74, 6) is 0.874. The number of methoxy groups -OCH3 is 1. The second-order valence-electron chi connectivity index (χ2n) is 4.98. The van der Waals surface area contributed by atoms with Crippen LogP contribution in [0.3, 0.4) is 0 Å². The van der Waals surface area contributed by atoms with Gasteiger partial charge in [-0.2, -0.15) is 0 Å². The Kier molecular flexibility index (Phi) is 3.84. The number of fused-ring (bicyclic) bond motifs is 1. The molecule has 2 aromatic carbocycles. The first-order valence-electron chi connectivity index (χ1n) is 7.04. The third kappa shape index (κ3) is 2.73. The number of aromatic nitrogens is 1. The van der Waals surface area contributed by atoms with Crippen LogP contribution < -0.4 is 10.5 Å². The third-order valence-corrected chi connectivity index (χ3v) is 3.61. The maximum Gasteiger partial charge on any atom is 0.126 e. The van der Waals surface area contributed by atoms with Gasteiger partial charge in [0.25, 0.3) is 0 Å². The van der Waals surface area contributed by atoms with Crippen molar-refractivity contribution in [1.29, 1.82) is 0 Å². The molecule has 3 heteroatoms. The molecule has 0 aliphatic heterocycles. The topological polar surface area (TPSA) is 48.1 Å². The van der Waals surface area contributed by atoms with Crippen molar-refractivity contribution in [3.05, 3.63) is 60.3 Å². The Morgan fingerprint density at radius 1 is 1.10 bits per heavy atom. The average molecular weight is 278 g/mol. The molecule has 0 saturated heterocycles. The molecule has 3 aromatic rings. The van der Waals surface area contributed by atoms with Gasteiger partial charge in [-0.1, -0.05) is 18.2 Å². The predicted octanol–water partition coefficient (Wildman–Crippen LogP) is 3.41. The van der Waals surface area contributed by atoms with Crippen molar-refractivity contribution in [2.45, 2.75) is 6.42 Å². The largest absolute Gasteiger partial charge is 0.496 e. The quantitative estimate of drug-likeness (QED) is 0.795. The Balaban J connectivity index is 2.13. The van der Waals surface area contributed by atoms with Gasteiger partial charge in [-0.15, -0.1) is 0 Å². The van der Waals surface area contributed by atoms with Gasteiger partial charge in [0.1, 0.15) is 5.75 Å². The summed E-state index contributed by atoms with van der Waals surface area (Å²) in [6, 6.07) is 16.5. The number of ether oxygens (including phenoxy) is 1. The summed E-state index contributed by atoms with van der Waals surface area (Å²) in [6.07, 6.45) is 2.68. The van der Waals surface area contributed by atoms with Crippen LogP contribution in [0.2, 0.25) is 0 Å². The third-order valence-electron chi connectivity index (χ3n) is 3.61. The second-order valence-corrected chi connectivity index (χ2v) is 4.98. The fourth-order valence-electron chi connectivity index (χ4n) is 2.55. The SMILES string of the molecule is COc1ccc(CCN)cc1-c1ccc2ncccc2c1. The Morgan fingerprint density at radius 2 is 2.00 bits per heavy atom. The molecule has 0 radical (unpaired) electrons. The van der Waals surface area contributed by atoms with Crippen LogP contribution in [0.4, 0.5) is 0 Å². The summed E-state index contributed by atoms with van der Waals surface area (Å²) in [6.45, 7) is 0.646. The van der Waals surface area contributed by atoms with E-state index in [0.717, 1.165) is 34.2 Å². The zero-order valence-electron chi connectivity index (χ0n) is 12.0. The minimum atomic E-state index is 0.646. The van der Waals surface area contributed by atoms with Crippen LogP contribution in [0, 0.1) is 0 Å². The molecule has 0 spiro atoms. The molecule has 0 saturated carbocycles. The van der Waals surface area contributed by atoms with E-state index in [2.05, 4.69) is 35.3 Å². The molecule has 0 fully saturated rings. The molecule has 21 heavy (non-hydrogen) atoms. The minimum Gasteiger partial charge on any atom is -0.496 e. The van der Waals surface area contributed by atoms with Crippen LogP contribution in [0.5, 0.6) is 5.75 Å². The van der Waals surface area contributed by atoms with E-state index < -0.39 is 0 Å². The Labute approximate surface area is 124 Å². The Morgan fingerprint density at radius 3 is 2.81 bits per heavy atom. The number of benzene rings is 2. The number of rotatable bonds is 4. The maximum absolute atomic E-state index is 5.65. The molecule has 1 heterocycles. The van der Waals surface area contributed by atoms with E-state index in [1.165, 1.54) is 5.56 Å². The van der Waals surface area contributed by atoms with Gasteiger partial charge >= 0.3 is 0 Å². The highest BCUT2D eigenvalue weighted by Crippen LogP contribution is 2.32. The van der Waals surface area contributed by atoms with Gasteiger partial charge in [0.15, 0.2) is 0 Å². The second kappa shape index (κ2) is 5.94. The first kappa shape index (κ1) is 13.6. The van der Waals surface area contributed by atoms with Crippen LogP contribution in [0.1, 0.15) is 5.56 Å². The van der Waals surface area contributed by atoms with Gasteiger partial charge in [0, 0.05) is 17.1 Å². The van der Waals surface area contributed by atoms with Crippen molar-refractivity contribution in [1.82, 2.24) is 4.98 Å². The molecule has 106 valence electrons. The zero-order valence-corrected chi connectivity index (χ0v) is 12.0. The summed E-state index contributed by atoms with van der Waals surface area (Å²) in [4.78, 5) is 4.36. The molecule has 1 aromatic heterocycles. The van der Waals surface area contributed by atoms with Crippen LogP contribution >= 0.6 is 0 Å². The normalized spacial score (nSPS) is 10.8. The lowest BCUT2D eigenvalue weighted by molar-refractivity contribution is 0.416.